The summed E-state index contributed by atoms with van der Waals surface area (Å²) in [5.74, 6) is 0.944. The zero-order valence-corrected chi connectivity index (χ0v) is 8.08. The van der Waals surface area contributed by atoms with Gasteiger partial charge in [0.05, 0.1) is 6.04 Å². The van der Waals surface area contributed by atoms with Crippen molar-refractivity contribution >= 4 is 0 Å². The first-order valence-corrected chi connectivity index (χ1v) is 4.71. The SMILES string of the molecule is CCC1(C)Oc2ccccc2[C@H]1N. The maximum atomic E-state index is 6.11. The Morgan fingerprint density at radius 3 is 2.77 bits per heavy atom. The second-order valence-corrected chi connectivity index (χ2v) is 3.78. The van der Waals surface area contributed by atoms with Crippen LogP contribution in [0.4, 0.5) is 0 Å². The molecule has 13 heavy (non-hydrogen) atoms. The van der Waals surface area contributed by atoms with Crippen LogP contribution in [0.25, 0.3) is 0 Å². The average molecular weight is 177 g/mol. The number of nitrogens with two attached hydrogens (primary N) is 1. The van der Waals surface area contributed by atoms with Crippen molar-refractivity contribution in [2.24, 2.45) is 5.73 Å². The summed E-state index contributed by atoms with van der Waals surface area (Å²) in [5, 5.41) is 0. The number of hydrogen-bond acceptors (Lipinski definition) is 2. The normalized spacial score (nSPS) is 31.2. The number of benzene rings is 1. The highest BCUT2D eigenvalue weighted by Crippen LogP contribution is 2.42. The molecule has 0 amide bonds. The Bertz CT molecular complexity index is 324. The molecule has 1 aromatic rings. The van der Waals surface area contributed by atoms with Crippen molar-refractivity contribution in [3.8, 4) is 5.75 Å². The summed E-state index contributed by atoms with van der Waals surface area (Å²) in [6, 6.07) is 8.02. The standard InChI is InChI=1S/C11H15NO/c1-3-11(2)10(12)8-6-4-5-7-9(8)13-11/h4-7,10H,3,12H2,1-2H3/t10-,11?/m1/s1. The highest BCUT2D eigenvalue weighted by molar-refractivity contribution is 5.41. The molecule has 0 radical (unpaired) electrons. The molecular weight excluding hydrogens is 162 g/mol. The van der Waals surface area contributed by atoms with E-state index in [1.165, 1.54) is 0 Å². The minimum Gasteiger partial charge on any atom is -0.485 e. The zero-order chi connectivity index (χ0) is 9.47. The number of rotatable bonds is 1. The highest BCUT2D eigenvalue weighted by Gasteiger charge is 2.40. The summed E-state index contributed by atoms with van der Waals surface area (Å²) in [6.45, 7) is 4.17. The van der Waals surface area contributed by atoms with E-state index in [4.69, 9.17) is 10.5 Å². The van der Waals surface area contributed by atoms with E-state index in [-0.39, 0.29) is 11.6 Å². The lowest BCUT2D eigenvalue weighted by molar-refractivity contribution is 0.0858. The van der Waals surface area contributed by atoms with Crippen LogP contribution in [0, 0.1) is 0 Å². The highest BCUT2D eigenvalue weighted by atomic mass is 16.5. The second kappa shape index (κ2) is 2.74. The first-order valence-electron chi connectivity index (χ1n) is 4.71. The summed E-state index contributed by atoms with van der Waals surface area (Å²) in [5.41, 5.74) is 7.02. The van der Waals surface area contributed by atoms with Gasteiger partial charge < -0.3 is 10.5 Å². The van der Waals surface area contributed by atoms with E-state index in [2.05, 4.69) is 13.8 Å². The van der Waals surface area contributed by atoms with Crippen LogP contribution in [0.15, 0.2) is 24.3 Å². The van der Waals surface area contributed by atoms with Gasteiger partial charge in [0, 0.05) is 5.56 Å². The van der Waals surface area contributed by atoms with Crippen LogP contribution in [0.3, 0.4) is 0 Å². The van der Waals surface area contributed by atoms with Gasteiger partial charge in [-0.05, 0) is 19.4 Å². The van der Waals surface area contributed by atoms with Gasteiger partial charge in [0.2, 0.25) is 0 Å². The smallest absolute Gasteiger partial charge is 0.125 e. The van der Waals surface area contributed by atoms with Gasteiger partial charge in [0.15, 0.2) is 0 Å². The van der Waals surface area contributed by atoms with E-state index in [9.17, 15) is 0 Å². The second-order valence-electron chi connectivity index (χ2n) is 3.78. The third kappa shape index (κ3) is 1.13. The number of para-hydroxylation sites is 1. The van der Waals surface area contributed by atoms with Crippen molar-refractivity contribution in [3.05, 3.63) is 29.8 Å². The molecule has 0 saturated carbocycles. The van der Waals surface area contributed by atoms with E-state index in [1.807, 2.05) is 24.3 Å². The quantitative estimate of drug-likeness (QED) is 0.714. The molecule has 0 fully saturated rings. The van der Waals surface area contributed by atoms with Crippen molar-refractivity contribution in [1.82, 2.24) is 0 Å². The Hall–Kier alpha value is -1.02. The summed E-state index contributed by atoms with van der Waals surface area (Å²) < 4.78 is 5.83. The van der Waals surface area contributed by atoms with E-state index in [0.29, 0.717) is 0 Å². The van der Waals surface area contributed by atoms with Crippen molar-refractivity contribution in [1.29, 1.82) is 0 Å². The van der Waals surface area contributed by atoms with E-state index in [0.717, 1.165) is 17.7 Å². The molecule has 2 atom stereocenters. The van der Waals surface area contributed by atoms with Gasteiger partial charge in [-0.3, -0.25) is 0 Å². The van der Waals surface area contributed by atoms with E-state index in [1.54, 1.807) is 0 Å². The zero-order valence-electron chi connectivity index (χ0n) is 8.08. The number of fused-ring (bicyclic) bond motifs is 1. The van der Waals surface area contributed by atoms with Crippen LogP contribution in [0.5, 0.6) is 5.75 Å². The number of hydrogen-bond donors (Lipinski definition) is 1. The fraction of sp³-hybridized carbons (Fsp3) is 0.455. The van der Waals surface area contributed by atoms with Crippen LogP contribution >= 0.6 is 0 Å². The topological polar surface area (TPSA) is 35.2 Å². The predicted molar refractivity (Wildman–Crippen MR) is 52.7 cm³/mol. The van der Waals surface area contributed by atoms with Crippen molar-refractivity contribution < 1.29 is 4.74 Å². The van der Waals surface area contributed by atoms with Gasteiger partial charge in [-0.1, -0.05) is 25.1 Å². The molecule has 0 spiro atoms. The molecule has 2 rings (SSSR count). The minimum atomic E-state index is -0.219. The fourth-order valence-electron chi connectivity index (χ4n) is 1.77. The van der Waals surface area contributed by atoms with Crippen LogP contribution in [0.2, 0.25) is 0 Å². The molecule has 2 N–H and O–H groups in total. The summed E-state index contributed by atoms with van der Waals surface area (Å²) in [4.78, 5) is 0. The van der Waals surface area contributed by atoms with Gasteiger partial charge >= 0.3 is 0 Å². The fourth-order valence-corrected chi connectivity index (χ4v) is 1.77. The van der Waals surface area contributed by atoms with Crippen molar-refractivity contribution in [3.63, 3.8) is 0 Å². The Morgan fingerprint density at radius 1 is 1.46 bits per heavy atom. The molecule has 0 aromatic heterocycles. The molecule has 0 saturated heterocycles. The Labute approximate surface area is 78.7 Å². The third-order valence-electron chi connectivity index (χ3n) is 2.96. The van der Waals surface area contributed by atoms with Crippen LogP contribution < -0.4 is 10.5 Å². The molecule has 2 nitrogen and oxygen atoms in total. The molecule has 0 aliphatic carbocycles. The Morgan fingerprint density at radius 2 is 2.15 bits per heavy atom. The largest absolute Gasteiger partial charge is 0.485 e. The molecule has 2 heteroatoms. The molecule has 1 heterocycles. The first-order chi connectivity index (χ1) is 6.17. The monoisotopic (exact) mass is 177 g/mol. The molecule has 1 unspecified atom stereocenters. The first kappa shape index (κ1) is 8.57. The maximum Gasteiger partial charge on any atom is 0.125 e. The van der Waals surface area contributed by atoms with Crippen LogP contribution in [-0.2, 0) is 0 Å². The predicted octanol–water partition coefficient (Wildman–Crippen LogP) is 2.25. The number of ether oxygens (including phenoxy) is 1. The van der Waals surface area contributed by atoms with Gasteiger partial charge in [-0.2, -0.15) is 0 Å². The lowest BCUT2D eigenvalue weighted by atomic mass is 9.91. The van der Waals surface area contributed by atoms with Crippen LogP contribution in [0.1, 0.15) is 31.9 Å². The summed E-state index contributed by atoms with van der Waals surface area (Å²) in [6.07, 6.45) is 0.933. The van der Waals surface area contributed by atoms with Gasteiger partial charge in [0.1, 0.15) is 11.4 Å². The maximum absolute atomic E-state index is 6.11. The summed E-state index contributed by atoms with van der Waals surface area (Å²) >= 11 is 0. The molecular formula is C11H15NO. The van der Waals surface area contributed by atoms with Gasteiger partial charge in [-0.15, -0.1) is 0 Å². The molecule has 1 aliphatic heterocycles. The van der Waals surface area contributed by atoms with Crippen molar-refractivity contribution in [2.75, 3.05) is 0 Å². The molecule has 1 aliphatic rings. The molecule has 0 bridgehead atoms. The van der Waals surface area contributed by atoms with Crippen molar-refractivity contribution in [2.45, 2.75) is 31.9 Å². The molecule has 1 aromatic carbocycles. The van der Waals surface area contributed by atoms with E-state index >= 15 is 0 Å². The van der Waals surface area contributed by atoms with Gasteiger partial charge in [-0.25, -0.2) is 0 Å². The minimum absolute atomic E-state index is 0.00806. The Balaban J connectivity index is 2.43. The van der Waals surface area contributed by atoms with E-state index < -0.39 is 0 Å². The molecule has 70 valence electrons. The van der Waals surface area contributed by atoms with Crippen LogP contribution in [-0.4, -0.2) is 5.60 Å². The Kier molecular flexibility index (Phi) is 1.81. The average Bonchev–Trinajstić information content (AvgIpc) is 2.41. The third-order valence-corrected chi connectivity index (χ3v) is 2.96. The van der Waals surface area contributed by atoms with Gasteiger partial charge in [0.25, 0.3) is 0 Å². The summed E-state index contributed by atoms with van der Waals surface area (Å²) in [7, 11) is 0. The lowest BCUT2D eigenvalue weighted by Gasteiger charge is -2.26. The lowest BCUT2D eigenvalue weighted by Crippen LogP contribution is -2.38.